The van der Waals surface area contributed by atoms with E-state index in [1.807, 2.05) is 42.5 Å². The average molecular weight is 408 g/mol. The molecule has 0 N–H and O–H groups in total. The summed E-state index contributed by atoms with van der Waals surface area (Å²) in [4.78, 5) is 13.8. The van der Waals surface area contributed by atoms with Crippen LogP contribution in [0.4, 0.5) is 0 Å². The van der Waals surface area contributed by atoms with Crippen LogP contribution in [0.3, 0.4) is 0 Å². The molecule has 0 unspecified atom stereocenters. The van der Waals surface area contributed by atoms with Crippen molar-refractivity contribution in [2.24, 2.45) is 0 Å². The van der Waals surface area contributed by atoms with E-state index in [9.17, 15) is 4.79 Å². The lowest BCUT2D eigenvalue weighted by molar-refractivity contribution is -0.132. The first-order chi connectivity index (χ1) is 12.0. The van der Waals surface area contributed by atoms with Crippen LogP contribution >= 0.6 is 15.9 Å². The van der Waals surface area contributed by atoms with Crippen LogP contribution < -0.4 is 14.2 Å². The van der Waals surface area contributed by atoms with Crippen LogP contribution in [0, 0.1) is 0 Å². The van der Waals surface area contributed by atoms with Crippen molar-refractivity contribution in [3.05, 3.63) is 52.5 Å². The van der Waals surface area contributed by atoms with Gasteiger partial charge in [-0.1, -0.05) is 22.0 Å². The molecule has 5 nitrogen and oxygen atoms in total. The zero-order valence-electron chi connectivity index (χ0n) is 14.6. The highest BCUT2D eigenvalue weighted by molar-refractivity contribution is 9.10. The van der Waals surface area contributed by atoms with Crippen molar-refractivity contribution in [3.63, 3.8) is 0 Å². The lowest BCUT2D eigenvalue weighted by Crippen LogP contribution is -2.33. The second kappa shape index (κ2) is 9.32. The predicted octanol–water partition coefficient (Wildman–Crippen LogP) is 3.55. The van der Waals surface area contributed by atoms with E-state index in [-0.39, 0.29) is 12.5 Å². The number of carbonyl (C=O) groups is 1. The van der Waals surface area contributed by atoms with Crippen molar-refractivity contribution in [2.45, 2.75) is 6.42 Å². The number of carbonyl (C=O) groups excluding carboxylic acids is 1. The monoisotopic (exact) mass is 407 g/mol. The molecule has 2 aromatic rings. The van der Waals surface area contributed by atoms with Gasteiger partial charge in [-0.05, 0) is 48.4 Å². The Balaban J connectivity index is 1.83. The minimum Gasteiger partial charge on any atom is -0.493 e. The molecule has 2 rings (SSSR count). The first-order valence-corrected chi connectivity index (χ1v) is 8.66. The molecule has 0 spiro atoms. The summed E-state index contributed by atoms with van der Waals surface area (Å²) in [5.41, 5.74) is 1.08. The Labute approximate surface area is 156 Å². The van der Waals surface area contributed by atoms with Gasteiger partial charge in [-0.3, -0.25) is 4.79 Å². The summed E-state index contributed by atoms with van der Waals surface area (Å²) < 4.78 is 17.0. The molecular formula is C19H22BrNO4. The molecule has 0 aromatic heterocycles. The zero-order chi connectivity index (χ0) is 18.2. The number of likely N-dealkylation sites (N-methyl/N-ethyl adjacent to an activating group) is 1. The van der Waals surface area contributed by atoms with Crippen molar-refractivity contribution >= 4 is 21.8 Å². The van der Waals surface area contributed by atoms with E-state index in [0.29, 0.717) is 23.8 Å². The van der Waals surface area contributed by atoms with Crippen molar-refractivity contribution in [1.82, 2.24) is 4.90 Å². The Kier molecular flexibility index (Phi) is 7.13. The van der Waals surface area contributed by atoms with Gasteiger partial charge in [0, 0.05) is 18.1 Å². The average Bonchev–Trinajstić information content (AvgIpc) is 2.65. The molecule has 25 heavy (non-hydrogen) atoms. The number of rotatable bonds is 8. The minimum atomic E-state index is -0.0663. The molecule has 1 amide bonds. The van der Waals surface area contributed by atoms with Gasteiger partial charge < -0.3 is 19.1 Å². The van der Waals surface area contributed by atoms with Crippen LogP contribution in [-0.4, -0.2) is 45.2 Å². The molecular weight excluding hydrogens is 386 g/mol. The Hall–Kier alpha value is -2.21. The van der Waals surface area contributed by atoms with E-state index in [1.165, 1.54) is 0 Å². The largest absolute Gasteiger partial charge is 0.493 e. The zero-order valence-corrected chi connectivity index (χ0v) is 16.2. The topological polar surface area (TPSA) is 48.0 Å². The van der Waals surface area contributed by atoms with Gasteiger partial charge in [0.1, 0.15) is 5.75 Å². The summed E-state index contributed by atoms with van der Waals surface area (Å²) in [5, 5.41) is 0. The molecule has 2 aromatic carbocycles. The van der Waals surface area contributed by atoms with E-state index in [2.05, 4.69) is 15.9 Å². The molecule has 0 fully saturated rings. The van der Waals surface area contributed by atoms with Gasteiger partial charge in [-0.15, -0.1) is 0 Å². The molecule has 0 saturated heterocycles. The number of methoxy groups -OCH3 is 2. The Bertz CT molecular complexity index is 703. The van der Waals surface area contributed by atoms with Gasteiger partial charge in [0.2, 0.25) is 0 Å². The third kappa shape index (κ3) is 5.67. The summed E-state index contributed by atoms with van der Waals surface area (Å²) in [6.07, 6.45) is 0.723. The third-order valence-corrected chi connectivity index (χ3v) is 4.31. The Morgan fingerprint density at radius 2 is 1.72 bits per heavy atom. The first kappa shape index (κ1) is 19.1. The number of hydrogen-bond donors (Lipinski definition) is 0. The van der Waals surface area contributed by atoms with Crippen LogP contribution in [0.2, 0.25) is 0 Å². The number of halogens is 1. The number of nitrogens with zero attached hydrogens (tertiary/aromatic N) is 1. The van der Waals surface area contributed by atoms with Crippen molar-refractivity contribution in [3.8, 4) is 17.2 Å². The molecule has 134 valence electrons. The second-order valence-electron chi connectivity index (χ2n) is 5.50. The van der Waals surface area contributed by atoms with Crippen molar-refractivity contribution in [2.75, 3.05) is 34.4 Å². The van der Waals surface area contributed by atoms with Crippen LogP contribution in [0.5, 0.6) is 17.2 Å². The Morgan fingerprint density at radius 3 is 2.36 bits per heavy atom. The fraction of sp³-hybridized carbons (Fsp3) is 0.316. The van der Waals surface area contributed by atoms with E-state index < -0.39 is 0 Å². The van der Waals surface area contributed by atoms with Crippen LogP contribution in [-0.2, 0) is 11.2 Å². The highest BCUT2D eigenvalue weighted by Crippen LogP contribution is 2.27. The lowest BCUT2D eigenvalue weighted by Gasteiger charge is -2.18. The second-order valence-corrected chi connectivity index (χ2v) is 6.41. The molecule has 0 aliphatic carbocycles. The fourth-order valence-corrected chi connectivity index (χ4v) is 2.51. The summed E-state index contributed by atoms with van der Waals surface area (Å²) in [7, 11) is 4.99. The molecule has 0 bridgehead atoms. The third-order valence-electron chi connectivity index (χ3n) is 3.79. The number of hydrogen-bond acceptors (Lipinski definition) is 4. The van der Waals surface area contributed by atoms with Gasteiger partial charge >= 0.3 is 0 Å². The quantitative estimate of drug-likeness (QED) is 0.671. The first-order valence-electron chi connectivity index (χ1n) is 7.86. The van der Waals surface area contributed by atoms with Gasteiger partial charge in [0.05, 0.1) is 14.2 Å². The Morgan fingerprint density at radius 1 is 1.04 bits per heavy atom. The fourth-order valence-electron chi connectivity index (χ4n) is 2.24. The van der Waals surface area contributed by atoms with E-state index in [0.717, 1.165) is 16.5 Å². The maximum Gasteiger partial charge on any atom is 0.260 e. The standard InChI is InChI=1S/C19H22BrNO4/c1-21(19(22)13-25-16-7-5-15(20)6-8-16)11-10-14-4-9-17(23-2)18(12-14)24-3/h4-9,12H,10-11,13H2,1-3H3. The highest BCUT2D eigenvalue weighted by atomic mass is 79.9. The van der Waals surface area contributed by atoms with Crippen LogP contribution in [0.25, 0.3) is 0 Å². The van der Waals surface area contributed by atoms with E-state index in [4.69, 9.17) is 14.2 Å². The predicted molar refractivity (Wildman–Crippen MR) is 101 cm³/mol. The summed E-state index contributed by atoms with van der Waals surface area (Å²) >= 11 is 3.36. The van der Waals surface area contributed by atoms with E-state index >= 15 is 0 Å². The molecule has 0 heterocycles. The molecule has 0 aliphatic heterocycles. The highest BCUT2D eigenvalue weighted by Gasteiger charge is 2.11. The maximum absolute atomic E-state index is 12.2. The summed E-state index contributed by atoms with van der Waals surface area (Å²) in [6, 6.07) is 13.2. The molecule has 0 atom stereocenters. The minimum absolute atomic E-state index is 0.0179. The van der Waals surface area contributed by atoms with Gasteiger partial charge in [0.25, 0.3) is 5.91 Å². The van der Waals surface area contributed by atoms with Crippen molar-refractivity contribution in [1.29, 1.82) is 0 Å². The maximum atomic E-state index is 12.2. The van der Waals surface area contributed by atoms with Crippen LogP contribution in [0.15, 0.2) is 46.9 Å². The molecule has 0 radical (unpaired) electrons. The summed E-state index contributed by atoms with van der Waals surface area (Å²) in [6.45, 7) is 0.613. The van der Waals surface area contributed by atoms with Gasteiger partial charge in [0.15, 0.2) is 18.1 Å². The number of amides is 1. The lowest BCUT2D eigenvalue weighted by atomic mass is 10.1. The normalized spacial score (nSPS) is 10.2. The van der Waals surface area contributed by atoms with Gasteiger partial charge in [-0.25, -0.2) is 0 Å². The SMILES string of the molecule is COc1ccc(CCN(C)C(=O)COc2ccc(Br)cc2)cc1OC. The van der Waals surface area contributed by atoms with Crippen molar-refractivity contribution < 1.29 is 19.0 Å². The summed E-state index contributed by atoms with van der Waals surface area (Å²) in [5.74, 6) is 1.99. The number of benzene rings is 2. The van der Waals surface area contributed by atoms with E-state index in [1.54, 1.807) is 26.2 Å². The van der Waals surface area contributed by atoms with Crippen LogP contribution in [0.1, 0.15) is 5.56 Å². The smallest absolute Gasteiger partial charge is 0.260 e. The number of ether oxygens (including phenoxy) is 3. The molecule has 6 heteroatoms. The molecule has 0 saturated carbocycles. The van der Waals surface area contributed by atoms with Gasteiger partial charge in [-0.2, -0.15) is 0 Å². The molecule has 0 aliphatic rings.